The van der Waals surface area contributed by atoms with E-state index >= 15 is 0 Å². The van der Waals surface area contributed by atoms with Crippen LogP contribution in [0.4, 0.5) is 0 Å². The predicted octanol–water partition coefficient (Wildman–Crippen LogP) is 3.10. The Morgan fingerprint density at radius 2 is 2.15 bits per heavy atom. The average Bonchev–Trinajstić information content (AvgIpc) is 2.79. The zero-order valence-corrected chi connectivity index (χ0v) is 12.7. The molecule has 0 aliphatic carbocycles. The van der Waals surface area contributed by atoms with Crippen molar-refractivity contribution in [3.8, 4) is 0 Å². The largest absolute Gasteiger partial charge is 0.346 e. The molecule has 20 heavy (non-hydrogen) atoms. The van der Waals surface area contributed by atoms with Crippen LogP contribution in [0.25, 0.3) is 0 Å². The van der Waals surface area contributed by atoms with E-state index in [2.05, 4.69) is 10.4 Å². The van der Waals surface area contributed by atoms with Crippen molar-refractivity contribution in [1.82, 2.24) is 15.1 Å². The van der Waals surface area contributed by atoms with Crippen LogP contribution in [0.15, 0.2) is 24.4 Å². The number of nitrogens with one attached hydrogen (secondary N) is 1. The number of carbonyl (C=O) groups is 1. The molecule has 0 saturated carbocycles. The second-order valence-corrected chi connectivity index (χ2v) is 5.19. The summed E-state index contributed by atoms with van der Waals surface area (Å²) in [5.41, 5.74) is 3.40. The molecule has 0 aliphatic rings. The Morgan fingerprint density at radius 3 is 2.80 bits per heavy atom. The fourth-order valence-electron chi connectivity index (χ4n) is 1.96. The normalized spacial score (nSPS) is 10.6. The number of rotatable bonds is 4. The van der Waals surface area contributed by atoms with Crippen molar-refractivity contribution in [2.75, 3.05) is 0 Å². The lowest BCUT2D eigenvalue weighted by Gasteiger charge is -2.07. The van der Waals surface area contributed by atoms with Crippen LogP contribution in [0.1, 0.15) is 34.1 Å². The molecule has 0 radical (unpaired) electrons. The zero-order chi connectivity index (χ0) is 14.7. The third kappa shape index (κ3) is 3.20. The average molecular weight is 292 g/mol. The first-order valence-corrected chi connectivity index (χ1v) is 6.96. The predicted molar refractivity (Wildman–Crippen MR) is 80.0 cm³/mol. The van der Waals surface area contributed by atoms with Gasteiger partial charge in [0.25, 0.3) is 5.91 Å². The number of hydrogen-bond acceptors (Lipinski definition) is 2. The third-order valence-electron chi connectivity index (χ3n) is 3.17. The number of benzene rings is 1. The van der Waals surface area contributed by atoms with Gasteiger partial charge >= 0.3 is 0 Å². The van der Waals surface area contributed by atoms with E-state index in [9.17, 15) is 4.79 Å². The van der Waals surface area contributed by atoms with Crippen LogP contribution in [-0.2, 0) is 13.1 Å². The lowest BCUT2D eigenvalue weighted by molar-refractivity contribution is 0.0949. The van der Waals surface area contributed by atoms with Gasteiger partial charge in [0.2, 0.25) is 0 Å². The topological polar surface area (TPSA) is 46.9 Å². The minimum Gasteiger partial charge on any atom is -0.346 e. The first-order valence-electron chi connectivity index (χ1n) is 6.58. The summed E-state index contributed by atoms with van der Waals surface area (Å²) in [7, 11) is 0. The minimum atomic E-state index is -0.103. The van der Waals surface area contributed by atoms with Crippen molar-refractivity contribution < 1.29 is 4.79 Å². The van der Waals surface area contributed by atoms with Crippen molar-refractivity contribution in [2.24, 2.45) is 0 Å². The third-order valence-corrected chi connectivity index (χ3v) is 3.48. The van der Waals surface area contributed by atoms with Gasteiger partial charge in [0, 0.05) is 18.3 Å². The number of carbonyl (C=O) groups excluding carboxylic acids is 1. The first-order chi connectivity index (χ1) is 9.51. The van der Waals surface area contributed by atoms with Crippen molar-refractivity contribution in [1.29, 1.82) is 0 Å². The highest BCUT2D eigenvalue weighted by molar-refractivity contribution is 6.31. The molecule has 5 heteroatoms. The summed E-state index contributed by atoms with van der Waals surface area (Å²) in [6, 6.07) is 5.83. The van der Waals surface area contributed by atoms with E-state index in [0.717, 1.165) is 17.7 Å². The summed E-state index contributed by atoms with van der Waals surface area (Å²) in [6.07, 6.45) is 1.76. The molecule has 2 aromatic rings. The lowest BCUT2D eigenvalue weighted by Crippen LogP contribution is -2.24. The van der Waals surface area contributed by atoms with Gasteiger partial charge in [-0.1, -0.05) is 29.3 Å². The maximum Gasteiger partial charge on any atom is 0.251 e. The second kappa shape index (κ2) is 6.09. The zero-order valence-electron chi connectivity index (χ0n) is 11.9. The molecule has 106 valence electrons. The Bertz CT molecular complexity index is 634. The van der Waals surface area contributed by atoms with Crippen LogP contribution in [0.5, 0.6) is 0 Å². The van der Waals surface area contributed by atoms with E-state index in [0.29, 0.717) is 22.8 Å². The van der Waals surface area contributed by atoms with E-state index in [1.165, 1.54) is 0 Å². The number of aryl methyl sites for hydroxylation is 3. The summed E-state index contributed by atoms with van der Waals surface area (Å²) in [5.74, 6) is -0.103. The van der Waals surface area contributed by atoms with E-state index in [1.807, 2.05) is 39.0 Å². The fourth-order valence-corrected chi connectivity index (χ4v) is 2.18. The van der Waals surface area contributed by atoms with Crippen LogP contribution in [0.3, 0.4) is 0 Å². The standard InChI is InChI=1S/C15H18ClN3O/c1-4-19-9-13(16)14(18-19)8-17-15(20)12-7-10(2)5-6-11(12)3/h5-7,9H,4,8H2,1-3H3,(H,17,20). The summed E-state index contributed by atoms with van der Waals surface area (Å²) < 4.78 is 1.75. The Morgan fingerprint density at radius 1 is 1.40 bits per heavy atom. The van der Waals surface area contributed by atoms with E-state index < -0.39 is 0 Å². The Balaban J connectivity index is 2.08. The summed E-state index contributed by atoms with van der Waals surface area (Å²) in [6.45, 7) is 6.97. The van der Waals surface area contributed by atoms with Gasteiger partial charge < -0.3 is 5.32 Å². The van der Waals surface area contributed by atoms with Gasteiger partial charge in [-0.05, 0) is 32.4 Å². The molecule has 1 heterocycles. The molecule has 1 N–H and O–H groups in total. The van der Waals surface area contributed by atoms with Crippen LogP contribution >= 0.6 is 11.6 Å². The number of nitrogens with zero attached hydrogens (tertiary/aromatic N) is 2. The Labute approximate surface area is 123 Å². The minimum absolute atomic E-state index is 0.103. The summed E-state index contributed by atoms with van der Waals surface area (Å²) >= 11 is 6.08. The Hall–Kier alpha value is -1.81. The molecule has 1 aromatic carbocycles. The molecule has 0 saturated heterocycles. The van der Waals surface area contributed by atoms with Crippen LogP contribution in [0.2, 0.25) is 5.02 Å². The van der Waals surface area contributed by atoms with E-state index in [-0.39, 0.29) is 5.91 Å². The Kier molecular flexibility index (Phi) is 4.45. The van der Waals surface area contributed by atoms with Gasteiger partial charge in [-0.15, -0.1) is 0 Å². The van der Waals surface area contributed by atoms with Crippen molar-refractivity contribution >= 4 is 17.5 Å². The molecule has 0 bridgehead atoms. The molecular formula is C15H18ClN3O. The quantitative estimate of drug-likeness (QED) is 0.941. The molecule has 2 rings (SSSR count). The maximum atomic E-state index is 12.2. The molecule has 0 fully saturated rings. The molecule has 0 unspecified atom stereocenters. The highest BCUT2D eigenvalue weighted by Gasteiger charge is 2.11. The van der Waals surface area contributed by atoms with Gasteiger partial charge in [-0.25, -0.2) is 0 Å². The second-order valence-electron chi connectivity index (χ2n) is 4.78. The first kappa shape index (κ1) is 14.6. The molecular weight excluding hydrogens is 274 g/mol. The van der Waals surface area contributed by atoms with E-state index in [4.69, 9.17) is 11.6 Å². The number of aromatic nitrogens is 2. The SMILES string of the molecule is CCn1cc(Cl)c(CNC(=O)c2cc(C)ccc2C)n1. The van der Waals surface area contributed by atoms with Crippen LogP contribution in [-0.4, -0.2) is 15.7 Å². The molecule has 1 aromatic heterocycles. The summed E-state index contributed by atoms with van der Waals surface area (Å²) in [5, 5.41) is 7.74. The number of amides is 1. The fraction of sp³-hybridized carbons (Fsp3) is 0.333. The highest BCUT2D eigenvalue weighted by atomic mass is 35.5. The lowest BCUT2D eigenvalue weighted by atomic mass is 10.1. The van der Waals surface area contributed by atoms with Gasteiger partial charge in [-0.2, -0.15) is 5.10 Å². The smallest absolute Gasteiger partial charge is 0.251 e. The summed E-state index contributed by atoms with van der Waals surface area (Å²) in [4.78, 5) is 12.2. The van der Waals surface area contributed by atoms with Crippen LogP contribution in [0, 0.1) is 13.8 Å². The van der Waals surface area contributed by atoms with Crippen molar-refractivity contribution in [3.05, 3.63) is 51.8 Å². The van der Waals surface area contributed by atoms with Gasteiger partial charge in [0.1, 0.15) is 5.69 Å². The van der Waals surface area contributed by atoms with Gasteiger partial charge in [0.15, 0.2) is 0 Å². The molecule has 0 spiro atoms. The molecule has 0 aliphatic heterocycles. The van der Waals surface area contributed by atoms with Gasteiger partial charge in [-0.3, -0.25) is 9.48 Å². The van der Waals surface area contributed by atoms with Crippen molar-refractivity contribution in [3.63, 3.8) is 0 Å². The highest BCUT2D eigenvalue weighted by Crippen LogP contribution is 2.14. The molecule has 0 atom stereocenters. The van der Waals surface area contributed by atoms with Crippen molar-refractivity contribution in [2.45, 2.75) is 33.9 Å². The number of halogens is 1. The molecule has 1 amide bonds. The maximum absolute atomic E-state index is 12.2. The van der Waals surface area contributed by atoms with E-state index in [1.54, 1.807) is 10.9 Å². The van der Waals surface area contributed by atoms with Gasteiger partial charge in [0.05, 0.1) is 11.6 Å². The number of hydrogen-bond donors (Lipinski definition) is 1. The molecule has 4 nitrogen and oxygen atoms in total. The monoisotopic (exact) mass is 291 g/mol. The van der Waals surface area contributed by atoms with Crippen LogP contribution < -0.4 is 5.32 Å².